The van der Waals surface area contributed by atoms with Gasteiger partial charge in [0.1, 0.15) is 12.6 Å². The van der Waals surface area contributed by atoms with E-state index in [-0.39, 0.29) is 17.3 Å². The van der Waals surface area contributed by atoms with E-state index in [2.05, 4.69) is 5.32 Å². The number of carbonyl (C=O) groups is 2. The topological polar surface area (TPSA) is 86.8 Å². The second kappa shape index (κ2) is 11.9. The Bertz CT molecular complexity index is 1310. The number of hydrogen-bond donors (Lipinski definition) is 1. The fraction of sp³-hybridized carbons (Fsp3) is 0.286. The molecule has 0 saturated carbocycles. The van der Waals surface area contributed by atoms with Gasteiger partial charge < -0.3 is 10.2 Å². The predicted octanol–water partition coefficient (Wildman–Crippen LogP) is 4.05. The smallest absolute Gasteiger partial charge is 0.264 e. The van der Waals surface area contributed by atoms with Crippen molar-refractivity contribution in [1.29, 1.82) is 0 Å². The number of benzene rings is 3. The number of anilines is 1. The Morgan fingerprint density at radius 1 is 0.917 bits per heavy atom. The summed E-state index contributed by atoms with van der Waals surface area (Å²) in [4.78, 5) is 28.1. The fourth-order valence-corrected chi connectivity index (χ4v) is 5.49. The van der Waals surface area contributed by atoms with E-state index in [0.29, 0.717) is 17.8 Å². The van der Waals surface area contributed by atoms with Gasteiger partial charge in [0.2, 0.25) is 11.8 Å². The van der Waals surface area contributed by atoms with Crippen LogP contribution in [0.25, 0.3) is 0 Å². The Labute approximate surface area is 213 Å². The highest BCUT2D eigenvalue weighted by molar-refractivity contribution is 7.92. The first-order valence-electron chi connectivity index (χ1n) is 11.9. The van der Waals surface area contributed by atoms with Crippen molar-refractivity contribution in [2.45, 2.75) is 45.2 Å². The zero-order valence-corrected chi connectivity index (χ0v) is 22.0. The van der Waals surface area contributed by atoms with Gasteiger partial charge in [-0.05, 0) is 57.0 Å². The number of aryl methyl sites for hydroxylation is 2. The Morgan fingerprint density at radius 3 is 2.22 bits per heavy atom. The molecule has 0 fully saturated rings. The third-order valence-corrected chi connectivity index (χ3v) is 7.72. The van der Waals surface area contributed by atoms with E-state index in [1.807, 2.05) is 44.2 Å². The lowest BCUT2D eigenvalue weighted by Gasteiger charge is -2.32. The van der Waals surface area contributed by atoms with Gasteiger partial charge in [0.25, 0.3) is 10.0 Å². The average Bonchev–Trinajstić information content (AvgIpc) is 2.86. The predicted molar refractivity (Wildman–Crippen MR) is 142 cm³/mol. The molecular weight excluding hydrogens is 474 g/mol. The van der Waals surface area contributed by atoms with Crippen LogP contribution in [0.3, 0.4) is 0 Å². The Balaban J connectivity index is 2.03. The molecule has 190 valence electrons. The van der Waals surface area contributed by atoms with Crippen molar-refractivity contribution in [3.63, 3.8) is 0 Å². The first-order chi connectivity index (χ1) is 17.1. The molecule has 0 bridgehead atoms. The molecule has 7 nitrogen and oxygen atoms in total. The average molecular weight is 508 g/mol. The van der Waals surface area contributed by atoms with E-state index < -0.39 is 28.5 Å². The van der Waals surface area contributed by atoms with Crippen LogP contribution >= 0.6 is 0 Å². The van der Waals surface area contributed by atoms with E-state index in [9.17, 15) is 18.0 Å². The minimum absolute atomic E-state index is 0.0862. The van der Waals surface area contributed by atoms with Crippen molar-refractivity contribution >= 4 is 27.5 Å². The molecular formula is C28H33N3O4S. The molecule has 0 heterocycles. The maximum Gasteiger partial charge on any atom is 0.264 e. The number of amides is 2. The van der Waals surface area contributed by atoms with Gasteiger partial charge in [-0.15, -0.1) is 0 Å². The molecule has 0 spiro atoms. The summed E-state index contributed by atoms with van der Waals surface area (Å²) in [6, 6.07) is 22.0. The van der Waals surface area contributed by atoms with Gasteiger partial charge in [0, 0.05) is 13.1 Å². The third-order valence-electron chi connectivity index (χ3n) is 5.95. The van der Waals surface area contributed by atoms with Gasteiger partial charge in [-0.2, -0.15) is 0 Å². The van der Waals surface area contributed by atoms with Crippen molar-refractivity contribution < 1.29 is 18.0 Å². The number of nitrogens with zero attached hydrogens (tertiary/aromatic N) is 2. The number of hydrogen-bond acceptors (Lipinski definition) is 4. The second-order valence-corrected chi connectivity index (χ2v) is 10.6. The van der Waals surface area contributed by atoms with E-state index in [1.165, 1.54) is 17.0 Å². The third kappa shape index (κ3) is 6.31. The molecule has 0 aliphatic heterocycles. The van der Waals surface area contributed by atoms with E-state index in [4.69, 9.17) is 0 Å². The molecule has 3 aromatic carbocycles. The largest absolute Gasteiger partial charge is 0.355 e. The summed E-state index contributed by atoms with van der Waals surface area (Å²) in [5.41, 5.74) is 3.01. The zero-order chi connectivity index (χ0) is 26.3. The summed E-state index contributed by atoms with van der Waals surface area (Å²) in [7, 11) is -4.06. The molecule has 8 heteroatoms. The van der Waals surface area contributed by atoms with Crippen molar-refractivity contribution in [1.82, 2.24) is 10.2 Å². The second-order valence-electron chi connectivity index (χ2n) is 8.69. The number of carbonyl (C=O) groups excluding carboxylic acids is 2. The van der Waals surface area contributed by atoms with Crippen molar-refractivity contribution in [3.05, 3.63) is 95.6 Å². The minimum Gasteiger partial charge on any atom is -0.355 e. The SMILES string of the molecule is CCNC(=O)C(C)N(Cc1cccc(C)c1)C(=O)CN(c1ccccc1C)S(=O)(=O)c1ccccc1. The summed E-state index contributed by atoms with van der Waals surface area (Å²) < 4.78 is 28.6. The van der Waals surface area contributed by atoms with Crippen LogP contribution in [0.1, 0.15) is 30.5 Å². The molecule has 3 aromatic rings. The quantitative estimate of drug-likeness (QED) is 0.449. The number of sulfonamides is 1. The molecule has 36 heavy (non-hydrogen) atoms. The molecule has 3 rings (SSSR count). The van der Waals surface area contributed by atoms with Gasteiger partial charge in [-0.3, -0.25) is 13.9 Å². The monoisotopic (exact) mass is 507 g/mol. The number of rotatable bonds is 10. The summed E-state index contributed by atoms with van der Waals surface area (Å²) >= 11 is 0. The molecule has 1 atom stereocenters. The highest BCUT2D eigenvalue weighted by Gasteiger charge is 2.32. The molecule has 0 aromatic heterocycles. The van der Waals surface area contributed by atoms with Crippen LogP contribution in [0.2, 0.25) is 0 Å². The minimum atomic E-state index is -4.06. The van der Waals surface area contributed by atoms with Crippen LogP contribution in [-0.2, 0) is 26.2 Å². The molecule has 1 N–H and O–H groups in total. The van der Waals surface area contributed by atoms with Gasteiger partial charge in [-0.1, -0.05) is 66.2 Å². The lowest BCUT2D eigenvalue weighted by Crippen LogP contribution is -2.51. The van der Waals surface area contributed by atoms with Crippen LogP contribution in [0.15, 0.2) is 83.8 Å². The molecule has 2 amide bonds. The number of likely N-dealkylation sites (N-methyl/N-ethyl adjacent to an activating group) is 1. The molecule has 0 aliphatic carbocycles. The van der Waals surface area contributed by atoms with Gasteiger partial charge in [0.15, 0.2) is 0 Å². The maximum absolute atomic E-state index is 13.8. The summed E-state index contributed by atoms with van der Waals surface area (Å²) in [6.07, 6.45) is 0. The van der Waals surface area contributed by atoms with Crippen molar-refractivity contribution in [3.8, 4) is 0 Å². The highest BCUT2D eigenvalue weighted by atomic mass is 32.2. The lowest BCUT2D eigenvalue weighted by molar-refractivity contribution is -0.139. The zero-order valence-electron chi connectivity index (χ0n) is 21.1. The highest BCUT2D eigenvalue weighted by Crippen LogP contribution is 2.27. The normalized spacial score (nSPS) is 12.0. The van der Waals surface area contributed by atoms with Crippen molar-refractivity contribution in [2.75, 3.05) is 17.4 Å². The van der Waals surface area contributed by atoms with Crippen LogP contribution in [-0.4, -0.2) is 44.3 Å². The Hall–Kier alpha value is -3.65. The van der Waals surface area contributed by atoms with Gasteiger partial charge in [-0.25, -0.2) is 8.42 Å². The molecule has 0 aliphatic rings. The Kier molecular flexibility index (Phi) is 8.88. The first-order valence-corrected chi connectivity index (χ1v) is 13.3. The van der Waals surface area contributed by atoms with Crippen LogP contribution in [0.5, 0.6) is 0 Å². The van der Waals surface area contributed by atoms with Crippen LogP contribution in [0, 0.1) is 13.8 Å². The van der Waals surface area contributed by atoms with Gasteiger partial charge in [0.05, 0.1) is 10.6 Å². The van der Waals surface area contributed by atoms with E-state index in [0.717, 1.165) is 15.4 Å². The number of para-hydroxylation sites is 1. The summed E-state index contributed by atoms with van der Waals surface area (Å²) in [6.45, 7) is 7.37. The standard InChI is InChI=1S/C28H33N3O4S/c1-5-29-28(33)23(4)30(19-24-14-11-12-21(2)18-24)27(32)20-31(26-17-10-9-13-22(26)3)36(34,35)25-15-7-6-8-16-25/h6-18,23H,5,19-20H2,1-4H3,(H,29,33). The van der Waals surface area contributed by atoms with E-state index in [1.54, 1.807) is 50.2 Å². The van der Waals surface area contributed by atoms with Crippen LogP contribution in [0.4, 0.5) is 5.69 Å². The van der Waals surface area contributed by atoms with Crippen LogP contribution < -0.4 is 9.62 Å². The lowest BCUT2D eigenvalue weighted by atomic mass is 10.1. The Morgan fingerprint density at radius 2 is 1.58 bits per heavy atom. The molecule has 1 unspecified atom stereocenters. The summed E-state index contributed by atoms with van der Waals surface area (Å²) in [5, 5.41) is 2.76. The summed E-state index contributed by atoms with van der Waals surface area (Å²) in [5.74, 6) is -0.773. The number of nitrogens with one attached hydrogen (secondary N) is 1. The van der Waals surface area contributed by atoms with Gasteiger partial charge >= 0.3 is 0 Å². The maximum atomic E-state index is 13.8. The molecule has 0 radical (unpaired) electrons. The van der Waals surface area contributed by atoms with Crippen molar-refractivity contribution in [2.24, 2.45) is 0 Å². The first kappa shape index (κ1) is 26.9. The fourth-order valence-electron chi connectivity index (χ4n) is 3.99. The molecule has 0 saturated heterocycles. The van der Waals surface area contributed by atoms with E-state index >= 15 is 0 Å².